The summed E-state index contributed by atoms with van der Waals surface area (Å²) >= 11 is 0. The molecule has 0 aliphatic carbocycles. The van der Waals surface area contributed by atoms with Crippen LogP contribution in [0.15, 0.2) is 23.1 Å². The highest BCUT2D eigenvalue weighted by atomic mass is 32.2. The number of primary amides is 1. The number of carbonyl (C=O) groups excluding carboxylic acids is 1. The highest BCUT2D eigenvalue weighted by Gasteiger charge is 2.18. The predicted octanol–water partition coefficient (Wildman–Crippen LogP) is -0.975. The van der Waals surface area contributed by atoms with E-state index in [1.54, 1.807) is 0 Å². The minimum Gasteiger partial charge on any atom is -0.398 e. The van der Waals surface area contributed by atoms with Crippen LogP contribution < -0.4 is 16.2 Å². The number of carbonyl (C=O) groups is 1. The maximum absolute atomic E-state index is 11.9. The fraction of sp³-hybridized carbons (Fsp3) is 0.300. The van der Waals surface area contributed by atoms with Gasteiger partial charge < -0.3 is 11.5 Å². The van der Waals surface area contributed by atoms with E-state index in [1.165, 1.54) is 24.5 Å². The SMILES string of the molecule is CS(=O)CCNS(=O)(=O)c1ccc(C(N)=O)cc1N. The highest BCUT2D eigenvalue weighted by Crippen LogP contribution is 2.19. The van der Waals surface area contributed by atoms with Crippen LogP contribution >= 0.6 is 0 Å². The first-order valence-corrected chi connectivity index (χ1v) is 8.44. The smallest absolute Gasteiger partial charge is 0.248 e. The molecule has 1 rings (SSSR count). The van der Waals surface area contributed by atoms with Crippen LogP contribution in [0.1, 0.15) is 10.4 Å². The van der Waals surface area contributed by atoms with Gasteiger partial charge in [0.25, 0.3) is 0 Å². The first-order valence-electron chi connectivity index (χ1n) is 5.23. The van der Waals surface area contributed by atoms with Gasteiger partial charge in [-0.25, -0.2) is 13.1 Å². The lowest BCUT2D eigenvalue weighted by atomic mass is 10.2. The predicted molar refractivity (Wildman–Crippen MR) is 73.5 cm³/mol. The Bertz CT molecular complexity index is 613. The third-order valence-electron chi connectivity index (χ3n) is 2.27. The Morgan fingerprint density at radius 1 is 1.42 bits per heavy atom. The molecule has 1 amide bonds. The minimum absolute atomic E-state index is 0.0441. The van der Waals surface area contributed by atoms with Gasteiger partial charge in [-0.1, -0.05) is 0 Å². The second-order valence-corrected chi connectivity index (χ2v) is 7.08. The summed E-state index contributed by atoms with van der Waals surface area (Å²) in [6.45, 7) is 0.0441. The molecule has 1 unspecified atom stereocenters. The minimum atomic E-state index is -3.79. The van der Waals surface area contributed by atoms with E-state index < -0.39 is 26.7 Å². The standard InChI is InChI=1S/C10H15N3O4S2/c1-18(15)5-4-13-19(16,17)9-3-2-7(10(12)14)6-8(9)11/h2-3,6,13H,4-5,11H2,1H3,(H2,12,14). The van der Waals surface area contributed by atoms with Gasteiger partial charge in [-0.3, -0.25) is 9.00 Å². The van der Waals surface area contributed by atoms with Crippen molar-refractivity contribution in [1.82, 2.24) is 4.72 Å². The van der Waals surface area contributed by atoms with Gasteiger partial charge in [-0.2, -0.15) is 0 Å². The number of amides is 1. The van der Waals surface area contributed by atoms with Crippen LogP contribution in [0.2, 0.25) is 0 Å². The Morgan fingerprint density at radius 2 is 2.05 bits per heavy atom. The van der Waals surface area contributed by atoms with Crippen LogP contribution in [-0.2, 0) is 20.8 Å². The molecule has 0 heterocycles. The first-order chi connectivity index (χ1) is 8.74. The van der Waals surface area contributed by atoms with Crippen molar-refractivity contribution in [2.45, 2.75) is 4.90 Å². The molecule has 1 aromatic rings. The van der Waals surface area contributed by atoms with E-state index in [4.69, 9.17) is 11.5 Å². The van der Waals surface area contributed by atoms with Gasteiger partial charge in [-0.15, -0.1) is 0 Å². The van der Waals surface area contributed by atoms with Crippen LogP contribution in [0.4, 0.5) is 5.69 Å². The van der Waals surface area contributed by atoms with Crippen molar-refractivity contribution in [3.05, 3.63) is 23.8 Å². The lowest BCUT2D eigenvalue weighted by Gasteiger charge is -2.09. The summed E-state index contributed by atoms with van der Waals surface area (Å²) in [5.74, 6) is -0.483. The zero-order valence-electron chi connectivity index (χ0n) is 10.3. The van der Waals surface area contributed by atoms with Crippen LogP contribution in [0.3, 0.4) is 0 Å². The molecule has 0 radical (unpaired) electrons. The number of sulfonamides is 1. The number of anilines is 1. The van der Waals surface area contributed by atoms with Gasteiger partial charge in [-0.05, 0) is 18.2 Å². The first kappa shape index (κ1) is 15.6. The van der Waals surface area contributed by atoms with Crippen molar-refractivity contribution < 1.29 is 17.4 Å². The van der Waals surface area contributed by atoms with Crippen LogP contribution in [0, 0.1) is 0 Å². The van der Waals surface area contributed by atoms with Gasteiger partial charge in [0.05, 0.1) is 5.69 Å². The molecular formula is C10H15N3O4S2. The second-order valence-electron chi connectivity index (χ2n) is 3.79. The number of hydrogen-bond donors (Lipinski definition) is 3. The van der Waals surface area contributed by atoms with Gasteiger partial charge in [0.2, 0.25) is 15.9 Å². The molecule has 5 N–H and O–H groups in total. The highest BCUT2D eigenvalue weighted by molar-refractivity contribution is 7.89. The molecule has 0 fully saturated rings. The van der Waals surface area contributed by atoms with E-state index in [1.807, 2.05) is 0 Å². The molecule has 1 atom stereocenters. The Balaban J connectivity index is 2.96. The molecule has 0 bridgehead atoms. The molecule has 0 aromatic heterocycles. The van der Waals surface area contributed by atoms with E-state index >= 15 is 0 Å². The number of nitrogens with one attached hydrogen (secondary N) is 1. The summed E-state index contributed by atoms with van der Waals surface area (Å²) < 4.78 is 37.0. The van der Waals surface area contributed by atoms with E-state index in [0.29, 0.717) is 0 Å². The monoisotopic (exact) mass is 305 g/mol. The van der Waals surface area contributed by atoms with E-state index in [2.05, 4.69) is 4.72 Å². The summed E-state index contributed by atoms with van der Waals surface area (Å²) in [5, 5.41) is 0. The largest absolute Gasteiger partial charge is 0.398 e. The molecule has 1 aromatic carbocycles. The van der Waals surface area contributed by atoms with E-state index in [-0.39, 0.29) is 28.4 Å². The molecule has 106 valence electrons. The Kier molecular flexibility index (Phi) is 5.04. The lowest BCUT2D eigenvalue weighted by Crippen LogP contribution is -2.28. The van der Waals surface area contributed by atoms with Crippen LogP contribution in [0.25, 0.3) is 0 Å². The third kappa shape index (κ3) is 4.30. The van der Waals surface area contributed by atoms with Crippen molar-refractivity contribution in [2.75, 3.05) is 24.3 Å². The molecule has 9 heteroatoms. The Labute approximate surface area is 113 Å². The molecule has 0 saturated heterocycles. The lowest BCUT2D eigenvalue weighted by molar-refractivity contribution is 0.1000. The summed E-state index contributed by atoms with van der Waals surface area (Å²) in [5.41, 5.74) is 10.7. The number of rotatable bonds is 6. The second kappa shape index (κ2) is 6.13. The number of nitrogens with two attached hydrogens (primary N) is 2. The molecule has 7 nitrogen and oxygen atoms in total. The van der Waals surface area contributed by atoms with Crippen molar-refractivity contribution in [1.29, 1.82) is 0 Å². The molecule has 0 spiro atoms. The number of hydrogen-bond acceptors (Lipinski definition) is 5. The number of nitrogen functional groups attached to an aromatic ring is 1. The molecular weight excluding hydrogens is 290 g/mol. The average Bonchev–Trinajstić information content (AvgIpc) is 2.27. The third-order valence-corrected chi connectivity index (χ3v) is 4.58. The fourth-order valence-corrected chi connectivity index (χ4v) is 3.01. The summed E-state index contributed by atoms with van der Waals surface area (Å²) in [6.07, 6.45) is 1.48. The van der Waals surface area contributed by atoms with Gasteiger partial charge in [0, 0.05) is 34.9 Å². The normalized spacial score (nSPS) is 13.1. The van der Waals surface area contributed by atoms with E-state index in [0.717, 1.165) is 0 Å². The number of benzene rings is 1. The van der Waals surface area contributed by atoms with Crippen molar-refractivity contribution in [2.24, 2.45) is 5.73 Å². The van der Waals surface area contributed by atoms with Crippen LogP contribution in [0.5, 0.6) is 0 Å². The molecule has 19 heavy (non-hydrogen) atoms. The van der Waals surface area contributed by atoms with Gasteiger partial charge in [0.1, 0.15) is 4.90 Å². The van der Waals surface area contributed by atoms with E-state index in [9.17, 15) is 17.4 Å². The average molecular weight is 305 g/mol. The van der Waals surface area contributed by atoms with Crippen molar-refractivity contribution in [3.8, 4) is 0 Å². The maximum Gasteiger partial charge on any atom is 0.248 e. The molecule has 0 saturated carbocycles. The van der Waals surface area contributed by atoms with Gasteiger partial charge >= 0.3 is 0 Å². The summed E-state index contributed by atoms with van der Waals surface area (Å²) in [7, 11) is -4.88. The van der Waals surface area contributed by atoms with Crippen LogP contribution in [-0.4, -0.2) is 37.1 Å². The van der Waals surface area contributed by atoms with Gasteiger partial charge in [0.15, 0.2) is 0 Å². The maximum atomic E-state index is 11.9. The fourth-order valence-electron chi connectivity index (χ4n) is 1.34. The zero-order chi connectivity index (χ0) is 14.6. The Hall–Kier alpha value is -1.45. The quantitative estimate of drug-likeness (QED) is 0.581. The topological polar surface area (TPSA) is 132 Å². The van der Waals surface area contributed by atoms with Crippen molar-refractivity contribution in [3.63, 3.8) is 0 Å². The molecule has 0 aliphatic heterocycles. The Morgan fingerprint density at radius 3 is 2.53 bits per heavy atom. The summed E-state index contributed by atoms with van der Waals surface area (Å²) in [6, 6.07) is 3.70. The van der Waals surface area contributed by atoms with Crippen molar-refractivity contribution >= 4 is 32.4 Å². The molecule has 0 aliphatic rings. The zero-order valence-corrected chi connectivity index (χ0v) is 11.9. The summed E-state index contributed by atoms with van der Waals surface area (Å²) in [4.78, 5) is 10.8.